The van der Waals surface area contributed by atoms with Crippen molar-refractivity contribution in [3.05, 3.63) is 29.3 Å². The summed E-state index contributed by atoms with van der Waals surface area (Å²) >= 11 is 0. The lowest BCUT2D eigenvalue weighted by Gasteiger charge is -2.37. The molecule has 2 aliphatic carbocycles. The van der Waals surface area contributed by atoms with E-state index in [1.807, 2.05) is 12.1 Å². The highest BCUT2D eigenvalue weighted by molar-refractivity contribution is 5.74. The fourth-order valence-corrected chi connectivity index (χ4v) is 6.55. The van der Waals surface area contributed by atoms with Crippen LogP contribution in [0, 0.1) is 17.8 Å². The van der Waals surface area contributed by atoms with Crippen LogP contribution in [0.2, 0.25) is 0 Å². The van der Waals surface area contributed by atoms with Crippen LogP contribution in [0.15, 0.2) is 18.2 Å². The molecular formula is C29H42O11. The minimum atomic E-state index is -1.89. The second-order valence-electron chi connectivity index (χ2n) is 11.4. The Balaban J connectivity index is 1.33. The molecule has 0 radical (unpaired) electrons. The molecule has 11 heteroatoms. The number of rotatable bonds is 12. The van der Waals surface area contributed by atoms with E-state index >= 15 is 0 Å². The molecule has 40 heavy (non-hydrogen) atoms. The van der Waals surface area contributed by atoms with Crippen molar-refractivity contribution in [1.82, 2.24) is 0 Å². The fraction of sp³-hybridized carbons (Fsp3) is 0.724. The zero-order valence-corrected chi connectivity index (χ0v) is 22.8. The maximum Gasteiger partial charge on any atom is 0.346 e. The summed E-state index contributed by atoms with van der Waals surface area (Å²) < 4.78 is 15.8. The first-order valence-corrected chi connectivity index (χ1v) is 14.3. The number of aliphatic hydroxyl groups is 5. The van der Waals surface area contributed by atoms with Gasteiger partial charge in [0.2, 0.25) is 6.29 Å². The van der Waals surface area contributed by atoms with Gasteiger partial charge < -0.3 is 44.8 Å². The van der Waals surface area contributed by atoms with Crippen molar-refractivity contribution in [1.29, 1.82) is 0 Å². The minimum Gasteiger partial charge on any atom is -0.482 e. The molecule has 0 bridgehead atoms. The van der Waals surface area contributed by atoms with E-state index < -0.39 is 55.4 Å². The zero-order chi connectivity index (χ0) is 29.0. The smallest absolute Gasteiger partial charge is 0.346 e. The number of hydrogen-bond acceptors (Lipinski definition) is 10. The molecule has 10 atom stereocenters. The van der Waals surface area contributed by atoms with Crippen molar-refractivity contribution < 1.29 is 54.4 Å². The van der Waals surface area contributed by atoms with Gasteiger partial charge in [-0.15, -0.1) is 0 Å². The third-order valence-corrected chi connectivity index (χ3v) is 8.73. The molecule has 0 aromatic heterocycles. The van der Waals surface area contributed by atoms with Gasteiger partial charge in [0.1, 0.15) is 24.1 Å². The average molecular weight is 567 g/mol. The number of hydrogen-bond donors (Lipinski definition) is 6. The van der Waals surface area contributed by atoms with Crippen LogP contribution in [0.3, 0.4) is 0 Å². The molecule has 2 fully saturated rings. The highest BCUT2D eigenvalue weighted by Crippen LogP contribution is 2.48. The number of ether oxygens (including phenoxy) is 3. The largest absolute Gasteiger partial charge is 0.482 e. The number of unbranched alkanes of at least 4 members (excludes halogenated alkanes) is 2. The summed E-state index contributed by atoms with van der Waals surface area (Å²) in [5.41, 5.74) is 2.05. The second-order valence-corrected chi connectivity index (χ2v) is 11.4. The van der Waals surface area contributed by atoms with Gasteiger partial charge in [-0.1, -0.05) is 38.3 Å². The summed E-state index contributed by atoms with van der Waals surface area (Å²) in [7, 11) is 0. The Morgan fingerprint density at radius 3 is 2.55 bits per heavy atom. The monoisotopic (exact) mass is 566 g/mol. The molecule has 3 aliphatic rings. The number of aliphatic hydroxyl groups excluding tert-OH is 5. The van der Waals surface area contributed by atoms with Crippen LogP contribution in [-0.2, 0) is 31.9 Å². The number of benzene rings is 1. The van der Waals surface area contributed by atoms with Gasteiger partial charge in [0.05, 0.1) is 12.2 Å². The van der Waals surface area contributed by atoms with Crippen molar-refractivity contribution in [2.75, 3.05) is 6.61 Å². The van der Waals surface area contributed by atoms with E-state index in [1.54, 1.807) is 6.07 Å². The van der Waals surface area contributed by atoms with Crippen LogP contribution in [0.25, 0.3) is 0 Å². The molecule has 6 N–H and O–H groups in total. The van der Waals surface area contributed by atoms with Crippen molar-refractivity contribution >= 4 is 11.9 Å². The van der Waals surface area contributed by atoms with E-state index in [9.17, 15) is 35.1 Å². The molecule has 1 saturated carbocycles. The van der Waals surface area contributed by atoms with Crippen LogP contribution in [0.5, 0.6) is 5.75 Å². The van der Waals surface area contributed by atoms with Gasteiger partial charge in [0.25, 0.3) is 0 Å². The van der Waals surface area contributed by atoms with Gasteiger partial charge in [-0.25, -0.2) is 9.59 Å². The first-order valence-electron chi connectivity index (χ1n) is 14.3. The molecule has 1 saturated heterocycles. The normalized spacial score (nSPS) is 34.0. The first kappa shape index (κ1) is 30.7. The minimum absolute atomic E-state index is 0.129. The Kier molecular flexibility index (Phi) is 10.4. The van der Waals surface area contributed by atoms with Gasteiger partial charge in [-0.2, -0.15) is 0 Å². The summed E-state index contributed by atoms with van der Waals surface area (Å²) in [5, 5.41) is 60.2. The van der Waals surface area contributed by atoms with Crippen molar-refractivity contribution in [3.8, 4) is 5.75 Å². The Morgan fingerprint density at radius 1 is 1.05 bits per heavy atom. The predicted octanol–water partition coefficient (Wildman–Crippen LogP) is 0.934. The lowest BCUT2D eigenvalue weighted by Crippen LogP contribution is -2.60. The third kappa shape index (κ3) is 6.95. The first-order chi connectivity index (χ1) is 19.1. The molecule has 0 unspecified atom stereocenters. The van der Waals surface area contributed by atoms with E-state index in [4.69, 9.17) is 19.3 Å². The van der Waals surface area contributed by atoms with Crippen LogP contribution >= 0.6 is 0 Å². The fourth-order valence-electron chi connectivity index (χ4n) is 6.55. The molecule has 1 aromatic carbocycles. The lowest BCUT2D eigenvalue weighted by molar-refractivity contribution is -0.286. The van der Waals surface area contributed by atoms with Crippen molar-refractivity contribution in [3.63, 3.8) is 0 Å². The maximum absolute atomic E-state index is 12.5. The molecule has 0 spiro atoms. The quantitative estimate of drug-likeness (QED) is 0.156. The zero-order valence-electron chi connectivity index (χ0n) is 22.8. The van der Waals surface area contributed by atoms with Crippen molar-refractivity contribution in [2.45, 2.75) is 108 Å². The number of carbonyl (C=O) groups is 2. The standard InChI is InChI=1S/C29H42O11/c1-2-3-4-7-17(30)9-10-18-19-11-15-6-5-8-22(20(15)12-16(19)13-21(18)31)38-14-23(32)39-29-26(35)24(33)25(34)27(40-29)28(36)37/h5-6,8,16-19,21,24-27,29-31,33-35H,2-4,7,9-14H2,1H3,(H,36,37)/t16-,17-,18+,19-,21+,24-,25-,26+,27-,29+/m0/s1. The van der Waals surface area contributed by atoms with Gasteiger partial charge in [0, 0.05) is 0 Å². The Labute approximate surface area is 233 Å². The molecule has 1 heterocycles. The topological polar surface area (TPSA) is 183 Å². The highest BCUT2D eigenvalue weighted by Gasteiger charge is 2.49. The van der Waals surface area contributed by atoms with E-state index in [2.05, 4.69) is 6.92 Å². The van der Waals surface area contributed by atoms with E-state index in [1.165, 1.54) is 0 Å². The lowest BCUT2D eigenvalue weighted by atomic mass is 9.73. The second kappa shape index (κ2) is 13.6. The molecule has 4 rings (SSSR count). The molecule has 0 amide bonds. The van der Waals surface area contributed by atoms with Gasteiger partial charge in [0.15, 0.2) is 12.7 Å². The number of carboxylic acids is 1. The van der Waals surface area contributed by atoms with Gasteiger partial charge >= 0.3 is 11.9 Å². The average Bonchev–Trinajstić information content (AvgIpc) is 3.23. The molecule has 11 nitrogen and oxygen atoms in total. The Morgan fingerprint density at radius 2 is 1.82 bits per heavy atom. The molecular weight excluding hydrogens is 524 g/mol. The third-order valence-electron chi connectivity index (χ3n) is 8.73. The molecule has 1 aromatic rings. The number of esters is 1. The van der Waals surface area contributed by atoms with Crippen LogP contribution < -0.4 is 4.74 Å². The maximum atomic E-state index is 12.5. The van der Waals surface area contributed by atoms with E-state index in [0.29, 0.717) is 30.9 Å². The highest BCUT2D eigenvalue weighted by atomic mass is 16.7. The SMILES string of the molecule is CCCCC[C@H](O)CC[C@@H]1[C@H]2Cc3cccc(OCC(=O)O[C@@H]4O[C@H](C(=O)O)[C@@H](O)[C@H](O)[C@H]4O)c3C[C@H]2C[C@H]1O. The van der Waals surface area contributed by atoms with Crippen LogP contribution in [0.1, 0.15) is 63.0 Å². The van der Waals surface area contributed by atoms with Crippen molar-refractivity contribution in [2.24, 2.45) is 17.8 Å². The number of fused-ring (bicyclic) bond motifs is 2. The van der Waals surface area contributed by atoms with E-state index in [0.717, 1.165) is 49.7 Å². The summed E-state index contributed by atoms with van der Waals surface area (Å²) in [5.74, 6) is -1.33. The van der Waals surface area contributed by atoms with Gasteiger partial charge in [-0.05, 0) is 73.5 Å². The van der Waals surface area contributed by atoms with Crippen LogP contribution in [-0.4, -0.2) is 92.1 Å². The Bertz CT molecular complexity index is 1020. The summed E-state index contributed by atoms with van der Waals surface area (Å²) in [6.45, 7) is 1.59. The summed E-state index contributed by atoms with van der Waals surface area (Å²) in [6.07, 6.45) is -2.37. The van der Waals surface area contributed by atoms with Crippen LogP contribution in [0.4, 0.5) is 0 Å². The predicted molar refractivity (Wildman–Crippen MR) is 140 cm³/mol. The summed E-state index contributed by atoms with van der Waals surface area (Å²) in [4.78, 5) is 23.7. The van der Waals surface area contributed by atoms with Gasteiger partial charge in [-0.3, -0.25) is 0 Å². The number of carboxylic acid groups (broad SMARTS) is 1. The molecule has 1 aliphatic heterocycles. The van der Waals surface area contributed by atoms with E-state index in [-0.39, 0.29) is 17.9 Å². The summed E-state index contributed by atoms with van der Waals surface area (Å²) in [6, 6.07) is 5.60. The Hall–Kier alpha value is -2.28. The molecule has 224 valence electrons. The number of aliphatic carboxylic acids is 1. The number of carbonyl (C=O) groups excluding carboxylic acids is 1.